The molecule has 0 atom stereocenters. The third-order valence-corrected chi connectivity index (χ3v) is 3.18. The highest BCUT2D eigenvalue weighted by Crippen LogP contribution is 2.15. The molecule has 9 heteroatoms. The lowest BCUT2D eigenvalue weighted by Crippen LogP contribution is -2.34. The number of halogens is 4. The second-order valence-electron chi connectivity index (χ2n) is 5.32. The summed E-state index contributed by atoms with van der Waals surface area (Å²) >= 11 is 0. The zero-order valence-corrected chi connectivity index (χ0v) is 13.4. The molecule has 2 aromatic carbocycles. The molecule has 3 N–H and O–H groups in total. The van der Waals surface area contributed by atoms with Gasteiger partial charge in [-0.05, 0) is 29.8 Å². The number of hydrogen-bond donors (Lipinski definition) is 3. The first-order valence-corrected chi connectivity index (χ1v) is 7.48. The summed E-state index contributed by atoms with van der Waals surface area (Å²) in [4.78, 5) is 23.2. The van der Waals surface area contributed by atoms with E-state index in [9.17, 15) is 27.2 Å². The van der Waals surface area contributed by atoms with Crippen LogP contribution in [0, 0.1) is 5.82 Å². The van der Waals surface area contributed by atoms with Crippen molar-refractivity contribution in [2.24, 2.45) is 0 Å². The quantitative estimate of drug-likeness (QED) is 0.704. The second kappa shape index (κ2) is 8.32. The smallest absolute Gasteiger partial charge is 0.347 e. The summed E-state index contributed by atoms with van der Waals surface area (Å²) in [6.07, 6.45) is -4.69. The fourth-order valence-corrected chi connectivity index (χ4v) is 2.00. The Bertz CT molecular complexity index is 776. The van der Waals surface area contributed by atoms with Crippen molar-refractivity contribution in [3.63, 3.8) is 0 Å². The van der Waals surface area contributed by atoms with E-state index in [4.69, 9.17) is 0 Å². The largest absolute Gasteiger partial charge is 0.405 e. The molecular formula is C17H15F4N3O2. The van der Waals surface area contributed by atoms with E-state index in [-0.39, 0.29) is 12.1 Å². The third kappa shape index (κ3) is 6.42. The van der Waals surface area contributed by atoms with Crippen molar-refractivity contribution >= 4 is 23.3 Å². The predicted molar refractivity (Wildman–Crippen MR) is 88.3 cm³/mol. The van der Waals surface area contributed by atoms with Gasteiger partial charge in [0.05, 0.1) is 12.1 Å². The van der Waals surface area contributed by atoms with Crippen LogP contribution in [-0.4, -0.2) is 24.7 Å². The predicted octanol–water partition coefficient (Wildman–Crippen LogP) is 3.69. The summed E-state index contributed by atoms with van der Waals surface area (Å²) in [5.74, 6) is -1.34. The molecule has 5 nitrogen and oxygen atoms in total. The molecule has 0 spiro atoms. The Morgan fingerprint density at radius 2 is 1.58 bits per heavy atom. The molecule has 0 unspecified atom stereocenters. The van der Waals surface area contributed by atoms with Crippen LogP contribution in [-0.2, 0) is 11.2 Å². The molecule has 3 amide bonds. The van der Waals surface area contributed by atoms with Gasteiger partial charge in [0.1, 0.15) is 12.4 Å². The van der Waals surface area contributed by atoms with Crippen LogP contribution in [0.2, 0.25) is 0 Å². The third-order valence-electron chi connectivity index (χ3n) is 3.18. The lowest BCUT2D eigenvalue weighted by Gasteiger charge is -2.10. The summed E-state index contributed by atoms with van der Waals surface area (Å²) in [5, 5.41) is 6.59. The number of para-hydroxylation sites is 1. The normalized spacial score (nSPS) is 10.9. The molecule has 0 saturated heterocycles. The number of urea groups is 1. The van der Waals surface area contributed by atoms with Crippen LogP contribution in [0.3, 0.4) is 0 Å². The number of carbonyl (C=O) groups excluding carboxylic acids is 2. The number of rotatable bonds is 5. The number of nitrogens with one attached hydrogen (secondary N) is 3. The highest BCUT2D eigenvalue weighted by atomic mass is 19.4. The maximum atomic E-state index is 13.4. The van der Waals surface area contributed by atoms with Gasteiger partial charge in [-0.3, -0.25) is 4.79 Å². The summed E-state index contributed by atoms with van der Waals surface area (Å²) < 4.78 is 49.5. The zero-order valence-electron chi connectivity index (χ0n) is 13.4. The average molecular weight is 369 g/mol. The Morgan fingerprint density at radius 1 is 0.923 bits per heavy atom. The van der Waals surface area contributed by atoms with Gasteiger partial charge in [0.15, 0.2) is 0 Å². The summed E-state index contributed by atoms with van der Waals surface area (Å²) in [6, 6.07) is 10.9. The number of alkyl halides is 3. The summed E-state index contributed by atoms with van der Waals surface area (Å²) in [5.41, 5.74) is 0.867. The highest BCUT2D eigenvalue weighted by molar-refractivity contribution is 5.99. The first kappa shape index (κ1) is 19.2. The Balaban J connectivity index is 1.86. The van der Waals surface area contributed by atoms with Crippen LogP contribution in [0.5, 0.6) is 0 Å². The van der Waals surface area contributed by atoms with Crippen LogP contribution >= 0.6 is 0 Å². The molecule has 26 heavy (non-hydrogen) atoms. The summed E-state index contributed by atoms with van der Waals surface area (Å²) in [6.45, 7) is -1.39. The molecule has 0 aromatic heterocycles. The molecule has 0 aliphatic rings. The van der Waals surface area contributed by atoms with Crippen LogP contribution in [0.4, 0.5) is 33.7 Å². The van der Waals surface area contributed by atoms with Crippen LogP contribution in [0.15, 0.2) is 48.5 Å². The van der Waals surface area contributed by atoms with Crippen LogP contribution in [0.1, 0.15) is 5.56 Å². The van der Waals surface area contributed by atoms with E-state index in [1.54, 1.807) is 11.4 Å². The topological polar surface area (TPSA) is 70.2 Å². The van der Waals surface area contributed by atoms with Crippen LogP contribution < -0.4 is 16.0 Å². The summed E-state index contributed by atoms with van der Waals surface area (Å²) in [7, 11) is 0. The number of anilines is 2. The minimum atomic E-state index is -4.46. The van der Waals surface area contributed by atoms with Crippen molar-refractivity contribution in [2.45, 2.75) is 12.6 Å². The fraction of sp³-hybridized carbons (Fsp3) is 0.176. The molecule has 0 fully saturated rings. The first-order valence-electron chi connectivity index (χ1n) is 7.48. The van der Waals surface area contributed by atoms with Crippen LogP contribution in [0.25, 0.3) is 0 Å². The molecule has 0 aliphatic carbocycles. The Kier molecular flexibility index (Phi) is 6.16. The van der Waals surface area contributed by atoms with Crippen molar-refractivity contribution in [2.75, 3.05) is 17.2 Å². The van der Waals surface area contributed by atoms with Gasteiger partial charge >= 0.3 is 12.2 Å². The molecule has 138 valence electrons. The SMILES string of the molecule is O=C(Cc1ccc(NC(=O)Nc2ccccc2F)cc1)NCC(F)(F)F. The van der Waals surface area contributed by atoms with Gasteiger partial charge in [-0.25, -0.2) is 9.18 Å². The maximum absolute atomic E-state index is 13.4. The van der Waals surface area contributed by atoms with Gasteiger partial charge < -0.3 is 16.0 Å². The zero-order chi connectivity index (χ0) is 19.2. The van der Waals surface area contributed by atoms with Gasteiger partial charge in [-0.1, -0.05) is 24.3 Å². The van der Waals surface area contributed by atoms with Crippen molar-refractivity contribution < 1.29 is 27.2 Å². The lowest BCUT2D eigenvalue weighted by molar-refractivity contribution is -0.138. The van der Waals surface area contributed by atoms with Gasteiger partial charge in [0.2, 0.25) is 5.91 Å². The van der Waals surface area contributed by atoms with Gasteiger partial charge in [0.25, 0.3) is 0 Å². The standard InChI is InChI=1S/C17H15F4N3O2/c18-13-3-1-2-4-14(13)24-16(26)23-12-7-5-11(6-8-12)9-15(25)22-10-17(19,20)21/h1-8H,9-10H2,(H,22,25)(H2,23,24,26). The highest BCUT2D eigenvalue weighted by Gasteiger charge is 2.27. The molecule has 2 aromatic rings. The molecule has 0 aliphatic heterocycles. The molecule has 0 radical (unpaired) electrons. The van der Waals surface area contributed by atoms with E-state index < -0.39 is 30.5 Å². The Labute approximate surface area is 146 Å². The molecule has 2 rings (SSSR count). The Morgan fingerprint density at radius 3 is 2.19 bits per heavy atom. The molecule has 0 heterocycles. The first-order chi connectivity index (χ1) is 12.2. The van der Waals surface area contributed by atoms with Crippen molar-refractivity contribution in [1.29, 1.82) is 0 Å². The number of benzene rings is 2. The lowest BCUT2D eigenvalue weighted by atomic mass is 10.1. The molecular weight excluding hydrogens is 354 g/mol. The second-order valence-corrected chi connectivity index (χ2v) is 5.32. The maximum Gasteiger partial charge on any atom is 0.405 e. The van der Waals surface area contributed by atoms with E-state index in [0.29, 0.717) is 11.3 Å². The van der Waals surface area contributed by atoms with Crippen molar-refractivity contribution in [1.82, 2.24) is 5.32 Å². The van der Waals surface area contributed by atoms with Crippen molar-refractivity contribution in [3.8, 4) is 0 Å². The molecule has 0 bridgehead atoms. The minimum Gasteiger partial charge on any atom is -0.347 e. The average Bonchev–Trinajstić information content (AvgIpc) is 2.56. The monoisotopic (exact) mass is 369 g/mol. The number of amides is 3. The Hall–Kier alpha value is -3.10. The molecule has 0 saturated carbocycles. The van der Waals surface area contributed by atoms with E-state index in [0.717, 1.165) is 0 Å². The van der Waals surface area contributed by atoms with E-state index in [1.807, 2.05) is 0 Å². The van der Waals surface area contributed by atoms with Crippen molar-refractivity contribution in [3.05, 3.63) is 59.9 Å². The fourth-order valence-electron chi connectivity index (χ4n) is 2.00. The number of hydrogen-bond acceptors (Lipinski definition) is 2. The minimum absolute atomic E-state index is 0.0166. The van der Waals surface area contributed by atoms with E-state index >= 15 is 0 Å². The van der Waals surface area contributed by atoms with E-state index in [2.05, 4.69) is 10.6 Å². The van der Waals surface area contributed by atoms with Gasteiger partial charge in [-0.2, -0.15) is 13.2 Å². The number of carbonyl (C=O) groups is 2. The van der Waals surface area contributed by atoms with Gasteiger partial charge in [-0.15, -0.1) is 0 Å². The van der Waals surface area contributed by atoms with Gasteiger partial charge in [0, 0.05) is 5.69 Å². The van der Waals surface area contributed by atoms with E-state index in [1.165, 1.54) is 42.5 Å².